The number of anilines is 1. The zero-order valence-electron chi connectivity index (χ0n) is 14.1. The molecule has 0 aromatic heterocycles. The van der Waals surface area contributed by atoms with Gasteiger partial charge in [-0.15, -0.1) is 0 Å². The van der Waals surface area contributed by atoms with E-state index in [1.165, 1.54) is 0 Å². The summed E-state index contributed by atoms with van der Waals surface area (Å²) in [7, 11) is 0. The largest absolute Gasteiger partial charge is 0.755 e. The molecule has 1 aliphatic heterocycles. The molecular formula is C18H20N3O4S-. The third kappa shape index (κ3) is 4.81. The molecule has 7 nitrogen and oxygen atoms in total. The lowest BCUT2D eigenvalue weighted by Crippen LogP contribution is -2.48. The maximum absolute atomic E-state index is 12.6. The van der Waals surface area contributed by atoms with Gasteiger partial charge in [-0.05, 0) is 42.0 Å². The number of nitrogens with zero attached hydrogens (tertiary/aromatic N) is 2. The topological polar surface area (TPSA) is 95.9 Å². The van der Waals surface area contributed by atoms with E-state index in [-0.39, 0.29) is 11.7 Å². The Bertz CT molecular complexity index is 789. The van der Waals surface area contributed by atoms with Gasteiger partial charge in [0.1, 0.15) is 5.75 Å². The smallest absolute Gasteiger partial charge is 0.253 e. The molecular weight excluding hydrogens is 354 g/mol. The molecule has 1 fully saturated rings. The zero-order valence-corrected chi connectivity index (χ0v) is 14.9. The van der Waals surface area contributed by atoms with Crippen molar-refractivity contribution in [3.8, 4) is 5.75 Å². The minimum absolute atomic E-state index is 0.0585. The molecule has 0 aliphatic carbocycles. The van der Waals surface area contributed by atoms with E-state index in [1.807, 2.05) is 12.1 Å². The fourth-order valence-electron chi connectivity index (χ4n) is 2.98. The quantitative estimate of drug-likeness (QED) is 0.775. The molecule has 2 aromatic rings. The Morgan fingerprint density at radius 3 is 2.42 bits per heavy atom. The van der Waals surface area contributed by atoms with E-state index in [9.17, 15) is 18.7 Å². The molecule has 1 atom stereocenters. The third-order valence-electron chi connectivity index (χ3n) is 4.31. The second kappa shape index (κ2) is 8.31. The van der Waals surface area contributed by atoms with Gasteiger partial charge in [-0.3, -0.25) is 13.9 Å². The van der Waals surface area contributed by atoms with Crippen molar-refractivity contribution in [2.45, 2.75) is 6.54 Å². The monoisotopic (exact) mass is 374 g/mol. The first-order valence-electron chi connectivity index (χ1n) is 8.27. The van der Waals surface area contributed by atoms with Crippen molar-refractivity contribution in [3.05, 3.63) is 59.7 Å². The van der Waals surface area contributed by atoms with Crippen molar-refractivity contribution in [1.29, 1.82) is 0 Å². The van der Waals surface area contributed by atoms with Crippen molar-refractivity contribution >= 4 is 22.9 Å². The summed E-state index contributed by atoms with van der Waals surface area (Å²) in [6, 6.07) is 13.6. The fourth-order valence-corrected chi connectivity index (χ4v) is 3.31. The molecule has 0 saturated carbocycles. The van der Waals surface area contributed by atoms with E-state index in [4.69, 9.17) is 0 Å². The molecule has 0 spiro atoms. The number of benzene rings is 2. The average Bonchev–Trinajstić information content (AvgIpc) is 2.62. The van der Waals surface area contributed by atoms with E-state index in [0.29, 0.717) is 24.3 Å². The second-order valence-corrected chi connectivity index (χ2v) is 6.83. The first-order valence-corrected chi connectivity index (χ1v) is 9.34. The minimum Gasteiger partial charge on any atom is -0.755 e. The van der Waals surface area contributed by atoms with Gasteiger partial charge in [-0.25, -0.2) is 0 Å². The summed E-state index contributed by atoms with van der Waals surface area (Å²) in [6.45, 7) is 3.51. The molecule has 1 heterocycles. The molecule has 1 unspecified atom stereocenters. The number of hydrogen-bond acceptors (Lipinski definition) is 5. The van der Waals surface area contributed by atoms with Crippen molar-refractivity contribution < 1.29 is 18.7 Å². The molecule has 1 amide bonds. The van der Waals surface area contributed by atoms with Crippen molar-refractivity contribution in [3.63, 3.8) is 0 Å². The third-order valence-corrected chi connectivity index (χ3v) is 4.71. The van der Waals surface area contributed by atoms with Crippen molar-refractivity contribution in [2.24, 2.45) is 0 Å². The first kappa shape index (κ1) is 18.4. The predicted octanol–water partition coefficient (Wildman–Crippen LogP) is 1.56. The Morgan fingerprint density at radius 2 is 1.81 bits per heavy atom. The fraction of sp³-hybridized carbons (Fsp3) is 0.278. The van der Waals surface area contributed by atoms with E-state index in [1.54, 1.807) is 41.3 Å². The van der Waals surface area contributed by atoms with Crippen LogP contribution in [0.1, 0.15) is 15.9 Å². The molecule has 3 rings (SSSR count). The minimum atomic E-state index is -2.38. The summed E-state index contributed by atoms with van der Waals surface area (Å²) in [5, 5.41) is 9.54. The Kier molecular flexibility index (Phi) is 5.87. The zero-order chi connectivity index (χ0) is 18.5. The van der Waals surface area contributed by atoms with Crippen LogP contribution < -0.4 is 4.72 Å². The molecule has 26 heavy (non-hydrogen) atoms. The lowest BCUT2D eigenvalue weighted by molar-refractivity contribution is 0.0628. The van der Waals surface area contributed by atoms with Crippen molar-refractivity contribution in [1.82, 2.24) is 9.80 Å². The Labute approximate surface area is 154 Å². The first-order chi connectivity index (χ1) is 12.5. The normalized spacial score (nSPS) is 16.3. The van der Waals surface area contributed by atoms with Gasteiger partial charge in [0.15, 0.2) is 0 Å². The number of amides is 1. The summed E-state index contributed by atoms with van der Waals surface area (Å²) < 4.78 is 23.5. The second-order valence-electron chi connectivity index (χ2n) is 6.15. The lowest BCUT2D eigenvalue weighted by atomic mass is 10.1. The number of nitrogens with one attached hydrogen (secondary N) is 1. The van der Waals surface area contributed by atoms with Gasteiger partial charge in [-0.1, -0.05) is 12.1 Å². The molecule has 0 radical (unpaired) electrons. The van der Waals surface area contributed by atoms with Crippen LogP contribution in [0.15, 0.2) is 48.5 Å². The molecule has 1 saturated heterocycles. The van der Waals surface area contributed by atoms with Crippen LogP contribution in [0.5, 0.6) is 5.75 Å². The van der Waals surface area contributed by atoms with Crippen LogP contribution in [0.3, 0.4) is 0 Å². The number of aromatic hydroxyl groups is 1. The number of phenols is 1. The summed E-state index contributed by atoms with van der Waals surface area (Å²) in [5.41, 5.74) is 2.00. The van der Waals surface area contributed by atoms with Crippen LogP contribution in [0, 0.1) is 0 Å². The molecule has 138 valence electrons. The molecule has 2 aromatic carbocycles. The van der Waals surface area contributed by atoms with Crippen LogP contribution in [-0.2, 0) is 17.8 Å². The van der Waals surface area contributed by atoms with E-state index >= 15 is 0 Å². The maximum Gasteiger partial charge on any atom is 0.253 e. The van der Waals surface area contributed by atoms with Crippen LogP contribution in [0.2, 0.25) is 0 Å². The molecule has 8 heteroatoms. The van der Waals surface area contributed by atoms with Gasteiger partial charge in [0.2, 0.25) is 0 Å². The molecule has 1 aliphatic rings. The van der Waals surface area contributed by atoms with Crippen molar-refractivity contribution in [2.75, 3.05) is 30.9 Å². The summed E-state index contributed by atoms with van der Waals surface area (Å²) in [6.07, 6.45) is 0. The lowest BCUT2D eigenvalue weighted by Gasteiger charge is -2.34. The van der Waals surface area contributed by atoms with Gasteiger partial charge in [0.25, 0.3) is 5.91 Å². The number of phenolic OH excluding ortho intramolecular Hbond substituents is 1. The molecule has 0 bridgehead atoms. The number of hydrogen-bond donors (Lipinski definition) is 2. The Balaban J connectivity index is 1.54. The number of piperazine rings is 1. The standard InChI is InChI=1S/C18H21N3O4S/c22-17-3-1-2-14(12-17)13-20-8-10-21(11-9-20)18(23)15-4-6-16(7-5-15)19-26(24)25/h1-7,12,19,22H,8-11,13H2,(H,24,25)/p-1. The number of carbonyl (C=O) groups is 1. The van der Waals surface area contributed by atoms with Gasteiger partial charge in [-0.2, -0.15) is 0 Å². The Hall–Kier alpha value is -2.42. The van der Waals surface area contributed by atoms with Gasteiger partial charge in [0.05, 0.1) is 0 Å². The van der Waals surface area contributed by atoms with E-state index in [2.05, 4.69) is 9.62 Å². The van der Waals surface area contributed by atoms with E-state index in [0.717, 1.165) is 25.2 Å². The van der Waals surface area contributed by atoms with Gasteiger partial charge >= 0.3 is 0 Å². The SMILES string of the molecule is O=C(c1ccc(NS(=O)[O-])cc1)N1CCN(Cc2cccc(O)c2)CC1. The van der Waals surface area contributed by atoms with Gasteiger partial charge in [0, 0.05) is 55.2 Å². The highest BCUT2D eigenvalue weighted by Gasteiger charge is 2.22. The summed E-state index contributed by atoms with van der Waals surface area (Å²) in [5.74, 6) is 0.201. The summed E-state index contributed by atoms with van der Waals surface area (Å²) >= 11 is -2.38. The maximum atomic E-state index is 12.6. The highest BCUT2D eigenvalue weighted by atomic mass is 32.2. The Morgan fingerprint density at radius 1 is 1.12 bits per heavy atom. The van der Waals surface area contributed by atoms with E-state index < -0.39 is 11.3 Å². The van der Waals surface area contributed by atoms with Crippen LogP contribution in [-0.4, -0.2) is 55.8 Å². The highest BCUT2D eigenvalue weighted by Crippen LogP contribution is 2.16. The average molecular weight is 374 g/mol. The van der Waals surface area contributed by atoms with Crippen LogP contribution in [0.4, 0.5) is 5.69 Å². The summed E-state index contributed by atoms with van der Waals surface area (Å²) in [4.78, 5) is 16.6. The number of rotatable bonds is 5. The predicted molar refractivity (Wildman–Crippen MR) is 98.3 cm³/mol. The number of carbonyl (C=O) groups excluding carboxylic acids is 1. The highest BCUT2D eigenvalue weighted by molar-refractivity contribution is 7.80. The van der Waals surface area contributed by atoms with Crippen LogP contribution >= 0.6 is 0 Å². The molecule has 2 N–H and O–H groups in total. The van der Waals surface area contributed by atoms with Gasteiger partial charge < -0.3 is 19.3 Å². The van der Waals surface area contributed by atoms with Crippen LogP contribution in [0.25, 0.3) is 0 Å².